The molecule has 0 saturated carbocycles. The van der Waals surface area contributed by atoms with E-state index in [4.69, 9.17) is 0 Å². The van der Waals surface area contributed by atoms with Gasteiger partial charge in [0.15, 0.2) is 0 Å². The number of aromatic nitrogens is 4. The van der Waals surface area contributed by atoms with Crippen LogP contribution in [0, 0.1) is 0 Å². The van der Waals surface area contributed by atoms with Crippen molar-refractivity contribution in [2.24, 2.45) is 0 Å². The first kappa shape index (κ1) is 14.8. The zero-order chi connectivity index (χ0) is 16.4. The fraction of sp³-hybridized carbons (Fsp3) is 0.0556. The van der Waals surface area contributed by atoms with Gasteiger partial charge in [-0.05, 0) is 35.9 Å². The summed E-state index contributed by atoms with van der Waals surface area (Å²) in [6, 6.07) is 14.3. The van der Waals surface area contributed by atoms with Crippen LogP contribution < -0.4 is 5.32 Å². The summed E-state index contributed by atoms with van der Waals surface area (Å²) in [7, 11) is 0. The maximum atomic E-state index is 4.37. The number of hydrogen-bond donors (Lipinski definition) is 1. The van der Waals surface area contributed by atoms with Gasteiger partial charge in [-0.3, -0.25) is 0 Å². The molecule has 1 N–H and O–H groups in total. The van der Waals surface area contributed by atoms with Crippen LogP contribution >= 0.6 is 15.9 Å². The van der Waals surface area contributed by atoms with E-state index in [1.807, 2.05) is 29.0 Å². The van der Waals surface area contributed by atoms with Crippen LogP contribution in [0.5, 0.6) is 0 Å². The molecule has 5 nitrogen and oxygen atoms in total. The Balaban J connectivity index is 1.54. The van der Waals surface area contributed by atoms with Gasteiger partial charge in [0.1, 0.15) is 12.1 Å². The number of nitrogens with zero attached hydrogens (tertiary/aromatic N) is 4. The van der Waals surface area contributed by atoms with Gasteiger partial charge in [-0.1, -0.05) is 28.1 Å². The molecular formula is C18H14BrN5. The number of fused-ring (bicyclic) bond motifs is 1. The topological polar surface area (TPSA) is 55.6 Å². The Kier molecular flexibility index (Phi) is 3.96. The molecule has 0 aliphatic carbocycles. The Labute approximate surface area is 147 Å². The molecule has 0 atom stereocenters. The van der Waals surface area contributed by atoms with Crippen LogP contribution in [-0.4, -0.2) is 19.5 Å². The van der Waals surface area contributed by atoms with Crippen molar-refractivity contribution in [3.63, 3.8) is 0 Å². The molecule has 2 heterocycles. The van der Waals surface area contributed by atoms with Gasteiger partial charge in [-0.15, -0.1) is 0 Å². The number of anilines is 1. The molecule has 2 aromatic heterocycles. The minimum absolute atomic E-state index is 0.697. The lowest BCUT2D eigenvalue weighted by atomic mass is 10.2. The van der Waals surface area contributed by atoms with E-state index in [1.165, 1.54) is 5.56 Å². The molecule has 0 amide bonds. The molecule has 4 aromatic rings. The van der Waals surface area contributed by atoms with Crippen LogP contribution in [-0.2, 0) is 6.54 Å². The van der Waals surface area contributed by atoms with Crippen molar-refractivity contribution < 1.29 is 0 Å². The van der Waals surface area contributed by atoms with Crippen LogP contribution in [0.15, 0.2) is 72.0 Å². The monoisotopic (exact) mass is 379 g/mol. The average Bonchev–Trinajstić information content (AvgIpc) is 3.15. The minimum Gasteiger partial charge on any atom is -0.365 e. The number of halogens is 1. The largest absolute Gasteiger partial charge is 0.365 e. The Bertz CT molecular complexity index is 965. The summed E-state index contributed by atoms with van der Waals surface area (Å²) >= 11 is 3.50. The zero-order valence-electron chi connectivity index (χ0n) is 12.7. The number of benzene rings is 2. The molecule has 4 rings (SSSR count). The molecule has 6 heteroatoms. The molecule has 24 heavy (non-hydrogen) atoms. The molecule has 0 spiro atoms. The molecule has 0 unspecified atom stereocenters. The highest BCUT2D eigenvalue weighted by Gasteiger charge is 2.04. The summed E-state index contributed by atoms with van der Waals surface area (Å²) in [5.74, 6) is 0.833. The SMILES string of the molecule is Brc1ccc2ncnc(NCc3ccc(-n4ccnc4)cc3)c2c1. The first-order valence-electron chi connectivity index (χ1n) is 7.51. The lowest BCUT2D eigenvalue weighted by Gasteiger charge is -2.09. The molecule has 0 bridgehead atoms. The fourth-order valence-corrected chi connectivity index (χ4v) is 2.91. The lowest BCUT2D eigenvalue weighted by Crippen LogP contribution is -2.03. The maximum absolute atomic E-state index is 4.37. The molecular weight excluding hydrogens is 366 g/mol. The van der Waals surface area contributed by atoms with E-state index < -0.39 is 0 Å². The van der Waals surface area contributed by atoms with Crippen LogP contribution in [0.3, 0.4) is 0 Å². The number of hydrogen-bond acceptors (Lipinski definition) is 4. The van der Waals surface area contributed by atoms with Gasteiger partial charge >= 0.3 is 0 Å². The third-order valence-electron chi connectivity index (χ3n) is 3.80. The molecule has 0 saturated heterocycles. The Morgan fingerprint density at radius 2 is 1.92 bits per heavy atom. The minimum atomic E-state index is 0.697. The molecule has 0 aliphatic rings. The highest BCUT2D eigenvalue weighted by atomic mass is 79.9. The summed E-state index contributed by atoms with van der Waals surface area (Å²) in [5.41, 5.74) is 3.19. The van der Waals surface area contributed by atoms with Crippen LogP contribution in [0.2, 0.25) is 0 Å². The summed E-state index contributed by atoms with van der Waals surface area (Å²) < 4.78 is 2.99. The Morgan fingerprint density at radius 3 is 2.71 bits per heavy atom. The van der Waals surface area contributed by atoms with Crippen molar-refractivity contribution in [2.75, 3.05) is 5.32 Å². The van der Waals surface area contributed by atoms with Crippen molar-refractivity contribution in [3.05, 3.63) is 77.5 Å². The van der Waals surface area contributed by atoms with Gasteiger partial charge in [-0.25, -0.2) is 15.0 Å². The molecule has 0 radical (unpaired) electrons. The van der Waals surface area contributed by atoms with E-state index in [2.05, 4.69) is 60.5 Å². The maximum Gasteiger partial charge on any atom is 0.137 e. The van der Waals surface area contributed by atoms with E-state index in [0.29, 0.717) is 6.54 Å². The molecule has 0 fully saturated rings. The van der Waals surface area contributed by atoms with E-state index in [1.54, 1.807) is 18.9 Å². The molecule has 2 aromatic carbocycles. The predicted molar refractivity (Wildman–Crippen MR) is 98.1 cm³/mol. The van der Waals surface area contributed by atoms with Crippen LogP contribution in [0.25, 0.3) is 16.6 Å². The van der Waals surface area contributed by atoms with Crippen molar-refractivity contribution in [3.8, 4) is 5.69 Å². The second-order valence-corrected chi connectivity index (χ2v) is 6.29. The quantitative estimate of drug-likeness (QED) is 0.577. The van der Waals surface area contributed by atoms with Crippen LogP contribution in [0.1, 0.15) is 5.56 Å². The van der Waals surface area contributed by atoms with Gasteiger partial charge in [0, 0.05) is 34.5 Å². The lowest BCUT2D eigenvalue weighted by molar-refractivity contribution is 1.05. The summed E-state index contributed by atoms with van der Waals surface area (Å²) in [5, 5.41) is 4.40. The van der Waals surface area contributed by atoms with Gasteiger partial charge in [0.05, 0.1) is 11.8 Å². The third kappa shape index (κ3) is 3.00. The van der Waals surface area contributed by atoms with Gasteiger partial charge in [0.2, 0.25) is 0 Å². The number of rotatable bonds is 4. The Morgan fingerprint density at radius 1 is 1.04 bits per heavy atom. The van der Waals surface area contributed by atoms with Crippen molar-refractivity contribution in [2.45, 2.75) is 6.54 Å². The Hall–Kier alpha value is -2.73. The average molecular weight is 380 g/mol. The van der Waals surface area contributed by atoms with Crippen LogP contribution in [0.4, 0.5) is 5.82 Å². The summed E-state index contributed by atoms with van der Waals surface area (Å²) in [6.07, 6.45) is 7.07. The zero-order valence-corrected chi connectivity index (χ0v) is 14.3. The van der Waals surface area contributed by atoms with Gasteiger partial charge in [-0.2, -0.15) is 0 Å². The third-order valence-corrected chi connectivity index (χ3v) is 4.29. The second kappa shape index (κ2) is 6.41. The normalized spacial score (nSPS) is 10.9. The van der Waals surface area contributed by atoms with Crippen molar-refractivity contribution in [1.29, 1.82) is 0 Å². The van der Waals surface area contributed by atoms with E-state index in [-0.39, 0.29) is 0 Å². The fourth-order valence-electron chi connectivity index (χ4n) is 2.55. The molecule has 0 aliphatic heterocycles. The highest BCUT2D eigenvalue weighted by Crippen LogP contribution is 2.23. The smallest absolute Gasteiger partial charge is 0.137 e. The van der Waals surface area contributed by atoms with Crippen molar-refractivity contribution in [1.82, 2.24) is 19.5 Å². The van der Waals surface area contributed by atoms with E-state index in [0.717, 1.165) is 26.9 Å². The first-order chi connectivity index (χ1) is 11.8. The number of imidazole rings is 1. The standard InChI is InChI=1S/C18H14BrN5/c19-14-3-6-17-16(9-14)18(23-11-22-17)21-10-13-1-4-15(5-2-13)24-8-7-20-12-24/h1-9,11-12H,10H2,(H,21,22,23). The van der Waals surface area contributed by atoms with Gasteiger partial charge < -0.3 is 9.88 Å². The summed E-state index contributed by atoms with van der Waals surface area (Å²) in [6.45, 7) is 0.697. The van der Waals surface area contributed by atoms with Gasteiger partial charge in [0.25, 0.3) is 0 Å². The molecule has 118 valence electrons. The number of nitrogens with one attached hydrogen (secondary N) is 1. The predicted octanol–water partition coefficient (Wildman–Crippen LogP) is 4.19. The van der Waals surface area contributed by atoms with Crippen molar-refractivity contribution >= 4 is 32.7 Å². The summed E-state index contributed by atoms with van der Waals surface area (Å²) in [4.78, 5) is 12.7. The van der Waals surface area contributed by atoms with E-state index in [9.17, 15) is 0 Å². The second-order valence-electron chi connectivity index (χ2n) is 5.37. The van der Waals surface area contributed by atoms with E-state index >= 15 is 0 Å². The first-order valence-corrected chi connectivity index (χ1v) is 8.30. The highest BCUT2D eigenvalue weighted by molar-refractivity contribution is 9.10.